The predicted octanol–water partition coefficient (Wildman–Crippen LogP) is 0.356. The van der Waals surface area contributed by atoms with Crippen LogP contribution in [0.15, 0.2) is 6.07 Å². The average molecular weight is 406 g/mol. The zero-order valence-corrected chi connectivity index (χ0v) is 17.6. The fourth-order valence-corrected chi connectivity index (χ4v) is 3.74. The number of anilines is 1. The molecule has 4 atom stereocenters. The number of rotatable bonds is 3. The molecule has 3 heterocycles. The number of morpholine rings is 1. The number of aryl methyl sites for hydroxylation is 1. The lowest BCUT2D eigenvalue weighted by Gasteiger charge is -2.35. The van der Waals surface area contributed by atoms with E-state index in [4.69, 9.17) is 4.74 Å². The largest absolute Gasteiger partial charge is 0.372 e. The van der Waals surface area contributed by atoms with E-state index in [0.29, 0.717) is 31.0 Å². The molecule has 4 unspecified atom stereocenters. The molecular weight excluding hydrogens is 376 g/mol. The Morgan fingerprint density at radius 3 is 2.55 bits per heavy atom. The fraction of sp³-hybridized carbons (Fsp3) is 0.684. The maximum atomic E-state index is 12.6. The lowest BCUT2D eigenvalue weighted by atomic mass is 9.99. The van der Waals surface area contributed by atoms with E-state index in [1.807, 2.05) is 27.7 Å². The number of hydrogen-bond donors (Lipinski definition) is 3. The maximum Gasteiger partial charge on any atom is 0.315 e. The molecule has 1 aromatic heterocycles. The Labute approximate surface area is 170 Å². The predicted molar refractivity (Wildman–Crippen MR) is 106 cm³/mol. The molecule has 0 radical (unpaired) electrons. The quantitative estimate of drug-likeness (QED) is 0.624. The highest BCUT2D eigenvalue weighted by molar-refractivity contribution is 6.39. The molecule has 10 nitrogen and oxygen atoms in total. The molecule has 2 aliphatic heterocycles. The second-order valence-electron chi connectivity index (χ2n) is 8.23. The first-order chi connectivity index (χ1) is 13.6. The van der Waals surface area contributed by atoms with Crippen LogP contribution in [0, 0.1) is 12.8 Å². The minimum Gasteiger partial charge on any atom is -0.372 e. The Kier molecular flexibility index (Phi) is 6.23. The van der Waals surface area contributed by atoms with Gasteiger partial charge < -0.3 is 20.3 Å². The van der Waals surface area contributed by atoms with Crippen LogP contribution in [0.2, 0.25) is 0 Å². The summed E-state index contributed by atoms with van der Waals surface area (Å²) in [7, 11) is 0. The fourth-order valence-electron chi connectivity index (χ4n) is 3.74. The van der Waals surface area contributed by atoms with Crippen LogP contribution in [0.5, 0.6) is 0 Å². The van der Waals surface area contributed by atoms with Crippen LogP contribution in [0.25, 0.3) is 0 Å². The molecule has 2 fully saturated rings. The zero-order chi connectivity index (χ0) is 21.3. The Balaban J connectivity index is 1.74. The van der Waals surface area contributed by atoms with Crippen LogP contribution in [0.1, 0.15) is 46.1 Å². The summed E-state index contributed by atoms with van der Waals surface area (Å²) in [6.07, 6.45) is -0.482. The smallest absolute Gasteiger partial charge is 0.315 e. The molecule has 29 heavy (non-hydrogen) atoms. The van der Waals surface area contributed by atoms with Crippen molar-refractivity contribution < 1.29 is 19.1 Å². The van der Waals surface area contributed by atoms with Crippen molar-refractivity contribution in [2.45, 2.75) is 65.6 Å². The molecule has 2 saturated heterocycles. The minimum atomic E-state index is -0.741. The molecule has 160 valence electrons. The SMILES string of the molecule is Cc1cc(NC(=O)C(=O)N2CC(C)OC(C)C2)n(C2NC(=O)CC(C(C)C)N2)n1. The van der Waals surface area contributed by atoms with Crippen molar-refractivity contribution in [3.63, 3.8) is 0 Å². The summed E-state index contributed by atoms with van der Waals surface area (Å²) in [5.74, 6) is -0.846. The first-order valence-electron chi connectivity index (χ1n) is 10.0. The van der Waals surface area contributed by atoms with Crippen molar-refractivity contribution in [2.75, 3.05) is 18.4 Å². The first-order valence-corrected chi connectivity index (χ1v) is 10.0. The number of amides is 3. The van der Waals surface area contributed by atoms with Gasteiger partial charge in [-0.1, -0.05) is 13.8 Å². The van der Waals surface area contributed by atoms with Crippen LogP contribution >= 0.6 is 0 Å². The number of carbonyl (C=O) groups is 3. The molecule has 0 aromatic carbocycles. The second-order valence-corrected chi connectivity index (χ2v) is 8.23. The standard InChI is InChI=1S/C19H30N6O4/c1-10(2)14-7-16(26)22-19(20-14)25-15(6-11(3)23-25)21-17(27)18(28)24-8-12(4)29-13(5)9-24/h6,10,12-14,19-20H,7-9H2,1-5H3,(H,21,27)(H,22,26). The average Bonchev–Trinajstić information content (AvgIpc) is 2.99. The van der Waals surface area contributed by atoms with Gasteiger partial charge in [0.05, 0.1) is 17.9 Å². The zero-order valence-electron chi connectivity index (χ0n) is 17.6. The minimum absolute atomic E-state index is 0.0141. The van der Waals surface area contributed by atoms with Crippen molar-refractivity contribution in [3.8, 4) is 0 Å². The van der Waals surface area contributed by atoms with Gasteiger partial charge in [0, 0.05) is 31.6 Å². The summed E-state index contributed by atoms with van der Waals surface area (Å²) in [4.78, 5) is 38.9. The van der Waals surface area contributed by atoms with Crippen LogP contribution in [0.3, 0.4) is 0 Å². The van der Waals surface area contributed by atoms with Gasteiger partial charge in [-0.05, 0) is 26.7 Å². The van der Waals surface area contributed by atoms with Crippen molar-refractivity contribution in [3.05, 3.63) is 11.8 Å². The summed E-state index contributed by atoms with van der Waals surface area (Å²) >= 11 is 0. The number of ether oxygens (including phenoxy) is 1. The Bertz CT molecular complexity index is 782. The Hall–Kier alpha value is -2.46. The Morgan fingerprint density at radius 2 is 1.93 bits per heavy atom. The summed E-state index contributed by atoms with van der Waals surface area (Å²) in [6, 6.07) is 1.66. The molecule has 3 rings (SSSR count). The van der Waals surface area contributed by atoms with Crippen molar-refractivity contribution in [1.82, 2.24) is 25.3 Å². The molecule has 0 spiro atoms. The summed E-state index contributed by atoms with van der Waals surface area (Å²) in [6.45, 7) is 10.3. The number of hydrogen-bond acceptors (Lipinski definition) is 6. The van der Waals surface area contributed by atoms with E-state index < -0.39 is 18.1 Å². The van der Waals surface area contributed by atoms with Gasteiger partial charge in [-0.15, -0.1) is 0 Å². The summed E-state index contributed by atoms with van der Waals surface area (Å²) in [5.41, 5.74) is 0.657. The third kappa shape index (κ3) is 4.94. The van der Waals surface area contributed by atoms with E-state index in [0.717, 1.165) is 0 Å². The molecule has 0 saturated carbocycles. The van der Waals surface area contributed by atoms with Crippen molar-refractivity contribution >= 4 is 23.5 Å². The number of nitrogens with one attached hydrogen (secondary N) is 3. The topological polar surface area (TPSA) is 118 Å². The van der Waals surface area contributed by atoms with Crippen molar-refractivity contribution in [2.24, 2.45) is 5.92 Å². The highest BCUT2D eigenvalue weighted by atomic mass is 16.5. The number of aromatic nitrogens is 2. The van der Waals surface area contributed by atoms with Crippen molar-refractivity contribution in [1.29, 1.82) is 0 Å². The molecule has 2 aliphatic rings. The van der Waals surface area contributed by atoms with E-state index >= 15 is 0 Å². The third-order valence-corrected chi connectivity index (χ3v) is 5.12. The normalized spacial score (nSPS) is 27.7. The highest BCUT2D eigenvalue weighted by Gasteiger charge is 2.33. The van der Waals surface area contributed by atoms with Crippen LogP contribution in [-0.4, -0.2) is 63.7 Å². The van der Waals surface area contributed by atoms with E-state index in [-0.39, 0.29) is 30.1 Å². The maximum absolute atomic E-state index is 12.6. The monoisotopic (exact) mass is 406 g/mol. The van der Waals surface area contributed by atoms with E-state index in [2.05, 4.69) is 21.0 Å². The van der Waals surface area contributed by atoms with Gasteiger partial charge in [0.1, 0.15) is 5.82 Å². The molecular formula is C19H30N6O4. The number of nitrogens with zero attached hydrogens (tertiary/aromatic N) is 3. The van der Waals surface area contributed by atoms with Gasteiger partial charge in [0.15, 0.2) is 6.29 Å². The lowest BCUT2D eigenvalue weighted by Crippen LogP contribution is -2.55. The Morgan fingerprint density at radius 1 is 1.28 bits per heavy atom. The molecule has 1 aromatic rings. The van der Waals surface area contributed by atoms with Crippen LogP contribution < -0.4 is 16.0 Å². The van der Waals surface area contributed by atoms with Gasteiger partial charge >= 0.3 is 11.8 Å². The highest BCUT2D eigenvalue weighted by Crippen LogP contribution is 2.20. The van der Waals surface area contributed by atoms with Gasteiger partial charge in [-0.3, -0.25) is 19.7 Å². The van der Waals surface area contributed by atoms with E-state index in [1.165, 1.54) is 9.58 Å². The first kappa shape index (κ1) is 21.3. The summed E-state index contributed by atoms with van der Waals surface area (Å²) in [5, 5.41) is 13.2. The second kappa shape index (κ2) is 8.50. The third-order valence-electron chi connectivity index (χ3n) is 5.12. The number of carbonyl (C=O) groups excluding carboxylic acids is 3. The van der Waals surface area contributed by atoms with E-state index in [1.54, 1.807) is 13.0 Å². The molecule has 10 heteroatoms. The van der Waals surface area contributed by atoms with Gasteiger partial charge in [-0.25, -0.2) is 4.68 Å². The van der Waals surface area contributed by atoms with Gasteiger partial charge in [0.25, 0.3) is 0 Å². The molecule has 0 bridgehead atoms. The van der Waals surface area contributed by atoms with Gasteiger partial charge in [-0.2, -0.15) is 5.10 Å². The molecule has 0 aliphatic carbocycles. The van der Waals surface area contributed by atoms with Gasteiger partial charge in [0.2, 0.25) is 5.91 Å². The van der Waals surface area contributed by atoms with Crippen LogP contribution in [0.4, 0.5) is 5.82 Å². The summed E-state index contributed by atoms with van der Waals surface area (Å²) < 4.78 is 7.12. The molecule has 3 N–H and O–H groups in total. The van der Waals surface area contributed by atoms with E-state index in [9.17, 15) is 14.4 Å². The molecule has 3 amide bonds. The van der Waals surface area contributed by atoms with Crippen LogP contribution in [-0.2, 0) is 19.1 Å². The lowest BCUT2D eigenvalue weighted by molar-refractivity contribution is -0.151.